The number of nitro groups is 1. The summed E-state index contributed by atoms with van der Waals surface area (Å²) >= 11 is 0. The summed E-state index contributed by atoms with van der Waals surface area (Å²) < 4.78 is 1.90. The SMILES string of the molecule is O=[N+]([O-])c1ccc(-c2nnn3c2CCC3)cc1. The quantitative estimate of drug-likeness (QED) is 0.582. The Hall–Kier alpha value is -2.24. The maximum absolute atomic E-state index is 10.6. The number of benzene rings is 1. The fraction of sp³-hybridized carbons (Fsp3) is 0.273. The van der Waals surface area contributed by atoms with E-state index >= 15 is 0 Å². The second-order valence-electron chi connectivity index (χ2n) is 4.02. The Morgan fingerprint density at radius 2 is 2.06 bits per heavy atom. The van der Waals surface area contributed by atoms with Crippen LogP contribution < -0.4 is 0 Å². The highest BCUT2D eigenvalue weighted by Crippen LogP contribution is 2.27. The molecule has 1 aromatic carbocycles. The molecule has 0 bridgehead atoms. The van der Waals surface area contributed by atoms with Gasteiger partial charge in [-0.1, -0.05) is 5.21 Å². The van der Waals surface area contributed by atoms with Gasteiger partial charge in [0.25, 0.3) is 5.69 Å². The number of hydrogen-bond donors (Lipinski definition) is 0. The number of hydrogen-bond acceptors (Lipinski definition) is 4. The third-order valence-corrected chi connectivity index (χ3v) is 2.97. The van der Waals surface area contributed by atoms with Gasteiger partial charge in [-0.3, -0.25) is 10.1 Å². The number of aromatic nitrogens is 3. The molecule has 1 aliphatic rings. The highest BCUT2D eigenvalue weighted by molar-refractivity contribution is 5.63. The second-order valence-corrected chi connectivity index (χ2v) is 4.02. The van der Waals surface area contributed by atoms with E-state index in [1.54, 1.807) is 12.1 Å². The van der Waals surface area contributed by atoms with Crippen molar-refractivity contribution >= 4 is 5.69 Å². The number of nitrogens with zero attached hydrogens (tertiary/aromatic N) is 4. The lowest BCUT2D eigenvalue weighted by molar-refractivity contribution is -0.384. The Bertz CT molecular complexity index is 574. The monoisotopic (exact) mass is 230 g/mol. The zero-order valence-corrected chi connectivity index (χ0v) is 9.04. The molecule has 0 saturated heterocycles. The molecular formula is C11H10N4O2. The van der Waals surface area contributed by atoms with Gasteiger partial charge in [-0.15, -0.1) is 5.10 Å². The standard InChI is InChI=1S/C11H10N4O2/c16-15(17)9-5-3-8(4-6-9)11-10-2-1-7-14(10)13-12-11/h3-6H,1-2,7H2. The van der Waals surface area contributed by atoms with Crippen LogP contribution in [0.3, 0.4) is 0 Å². The molecule has 3 rings (SSSR count). The zero-order valence-electron chi connectivity index (χ0n) is 9.04. The Labute approximate surface area is 97.0 Å². The van der Waals surface area contributed by atoms with Gasteiger partial charge < -0.3 is 0 Å². The van der Waals surface area contributed by atoms with E-state index in [4.69, 9.17) is 0 Å². The highest BCUT2D eigenvalue weighted by atomic mass is 16.6. The summed E-state index contributed by atoms with van der Waals surface area (Å²) in [6.07, 6.45) is 2.06. The molecule has 0 spiro atoms. The first-order valence-corrected chi connectivity index (χ1v) is 5.43. The highest BCUT2D eigenvalue weighted by Gasteiger charge is 2.19. The topological polar surface area (TPSA) is 73.8 Å². The first kappa shape index (κ1) is 9.95. The van der Waals surface area contributed by atoms with Crippen LogP contribution in [-0.4, -0.2) is 19.9 Å². The van der Waals surface area contributed by atoms with E-state index < -0.39 is 4.92 Å². The van der Waals surface area contributed by atoms with E-state index in [1.807, 2.05) is 4.68 Å². The average molecular weight is 230 g/mol. The van der Waals surface area contributed by atoms with Crippen LogP contribution in [-0.2, 0) is 13.0 Å². The van der Waals surface area contributed by atoms with Crippen LogP contribution >= 0.6 is 0 Å². The molecule has 1 aliphatic heterocycles. The Balaban J connectivity index is 2.01. The third kappa shape index (κ3) is 1.57. The lowest BCUT2D eigenvalue weighted by atomic mass is 10.1. The molecule has 1 aromatic heterocycles. The van der Waals surface area contributed by atoms with Crippen molar-refractivity contribution in [3.8, 4) is 11.3 Å². The van der Waals surface area contributed by atoms with E-state index in [0.29, 0.717) is 0 Å². The molecule has 6 heteroatoms. The molecule has 0 unspecified atom stereocenters. The molecule has 17 heavy (non-hydrogen) atoms. The van der Waals surface area contributed by atoms with Crippen molar-refractivity contribution in [3.05, 3.63) is 40.1 Å². The molecule has 0 N–H and O–H groups in total. The molecule has 0 atom stereocenters. The van der Waals surface area contributed by atoms with Crippen LogP contribution in [0.4, 0.5) is 5.69 Å². The lowest BCUT2D eigenvalue weighted by Crippen LogP contribution is -1.93. The molecule has 86 valence electrons. The summed E-state index contributed by atoms with van der Waals surface area (Å²) in [5.74, 6) is 0. The van der Waals surface area contributed by atoms with Crippen molar-refractivity contribution < 1.29 is 4.92 Å². The summed E-state index contributed by atoms with van der Waals surface area (Å²) in [6.45, 7) is 0.912. The van der Waals surface area contributed by atoms with E-state index in [-0.39, 0.29) is 5.69 Å². The fourth-order valence-electron chi connectivity index (χ4n) is 2.12. The minimum absolute atomic E-state index is 0.0950. The van der Waals surface area contributed by atoms with Crippen LogP contribution in [0.2, 0.25) is 0 Å². The van der Waals surface area contributed by atoms with Crippen molar-refractivity contribution in [1.82, 2.24) is 15.0 Å². The fourth-order valence-corrected chi connectivity index (χ4v) is 2.12. The van der Waals surface area contributed by atoms with Gasteiger partial charge in [0.2, 0.25) is 0 Å². The van der Waals surface area contributed by atoms with Crippen LogP contribution in [0.5, 0.6) is 0 Å². The predicted octanol–water partition coefficient (Wildman–Crippen LogP) is 1.80. The van der Waals surface area contributed by atoms with Crippen LogP contribution in [0.25, 0.3) is 11.3 Å². The molecule has 0 aliphatic carbocycles. The number of rotatable bonds is 2. The van der Waals surface area contributed by atoms with E-state index in [2.05, 4.69) is 10.3 Å². The lowest BCUT2D eigenvalue weighted by Gasteiger charge is -1.98. The van der Waals surface area contributed by atoms with Crippen molar-refractivity contribution in [2.45, 2.75) is 19.4 Å². The van der Waals surface area contributed by atoms with Crippen molar-refractivity contribution in [3.63, 3.8) is 0 Å². The molecule has 0 amide bonds. The number of fused-ring (bicyclic) bond motifs is 1. The normalized spacial score (nSPS) is 13.6. The van der Waals surface area contributed by atoms with Gasteiger partial charge in [0.15, 0.2) is 0 Å². The van der Waals surface area contributed by atoms with Gasteiger partial charge in [0.1, 0.15) is 5.69 Å². The first-order chi connectivity index (χ1) is 8.25. The van der Waals surface area contributed by atoms with E-state index in [0.717, 1.165) is 36.3 Å². The molecule has 2 heterocycles. The Morgan fingerprint density at radius 1 is 1.29 bits per heavy atom. The summed E-state index contributed by atoms with van der Waals surface area (Å²) in [5, 5.41) is 18.7. The molecule has 0 fully saturated rings. The Morgan fingerprint density at radius 3 is 2.76 bits per heavy atom. The predicted molar refractivity (Wildman–Crippen MR) is 60.4 cm³/mol. The van der Waals surface area contributed by atoms with Crippen LogP contribution in [0.15, 0.2) is 24.3 Å². The van der Waals surface area contributed by atoms with Crippen LogP contribution in [0.1, 0.15) is 12.1 Å². The van der Waals surface area contributed by atoms with E-state index in [9.17, 15) is 10.1 Å². The minimum Gasteiger partial charge on any atom is -0.258 e. The van der Waals surface area contributed by atoms with Gasteiger partial charge in [0.05, 0.1) is 10.6 Å². The summed E-state index contributed by atoms with van der Waals surface area (Å²) in [6, 6.07) is 6.44. The molecule has 0 saturated carbocycles. The summed E-state index contributed by atoms with van der Waals surface area (Å²) in [7, 11) is 0. The maximum atomic E-state index is 10.6. The summed E-state index contributed by atoms with van der Waals surface area (Å²) in [5.41, 5.74) is 2.95. The minimum atomic E-state index is -0.403. The summed E-state index contributed by atoms with van der Waals surface area (Å²) in [4.78, 5) is 10.2. The third-order valence-electron chi connectivity index (χ3n) is 2.97. The van der Waals surface area contributed by atoms with Gasteiger partial charge in [0, 0.05) is 24.2 Å². The maximum Gasteiger partial charge on any atom is 0.269 e. The van der Waals surface area contributed by atoms with E-state index in [1.165, 1.54) is 12.1 Å². The smallest absolute Gasteiger partial charge is 0.258 e. The largest absolute Gasteiger partial charge is 0.269 e. The van der Waals surface area contributed by atoms with Crippen molar-refractivity contribution in [1.29, 1.82) is 0 Å². The second kappa shape index (κ2) is 3.65. The van der Waals surface area contributed by atoms with Gasteiger partial charge in [-0.25, -0.2) is 4.68 Å². The first-order valence-electron chi connectivity index (χ1n) is 5.43. The number of nitro benzene ring substituents is 1. The Kier molecular flexibility index (Phi) is 2.14. The molecular weight excluding hydrogens is 220 g/mol. The average Bonchev–Trinajstić information content (AvgIpc) is 2.90. The molecule has 0 radical (unpaired) electrons. The molecule has 2 aromatic rings. The van der Waals surface area contributed by atoms with Gasteiger partial charge >= 0.3 is 0 Å². The zero-order chi connectivity index (χ0) is 11.8. The van der Waals surface area contributed by atoms with Gasteiger partial charge in [-0.2, -0.15) is 0 Å². The van der Waals surface area contributed by atoms with Gasteiger partial charge in [-0.05, 0) is 25.0 Å². The van der Waals surface area contributed by atoms with Crippen molar-refractivity contribution in [2.75, 3.05) is 0 Å². The molecule has 6 nitrogen and oxygen atoms in total. The van der Waals surface area contributed by atoms with Crippen LogP contribution in [0, 0.1) is 10.1 Å². The van der Waals surface area contributed by atoms with Crippen molar-refractivity contribution in [2.24, 2.45) is 0 Å². The number of aryl methyl sites for hydroxylation is 1. The number of non-ortho nitro benzene ring substituents is 1.